The van der Waals surface area contributed by atoms with E-state index in [0.29, 0.717) is 17.1 Å². The van der Waals surface area contributed by atoms with Crippen molar-refractivity contribution in [1.29, 1.82) is 0 Å². The third-order valence-corrected chi connectivity index (χ3v) is 6.01. The van der Waals surface area contributed by atoms with Crippen molar-refractivity contribution in [2.45, 2.75) is 20.8 Å². The van der Waals surface area contributed by atoms with Gasteiger partial charge in [-0.1, -0.05) is 6.07 Å². The molecule has 0 radical (unpaired) electrons. The molecule has 1 fully saturated rings. The van der Waals surface area contributed by atoms with Crippen LogP contribution in [0, 0.1) is 20.8 Å². The highest BCUT2D eigenvalue weighted by molar-refractivity contribution is 8.18. The van der Waals surface area contributed by atoms with Gasteiger partial charge in [0, 0.05) is 24.2 Å². The SMILES string of the molecule is COCCN1C(=O)S/C(=C/c2cc(C)n(-c3cccc(C(=O)OC)c3C)c2C)C1=O. The smallest absolute Gasteiger partial charge is 0.338 e. The number of aromatic nitrogens is 1. The van der Waals surface area contributed by atoms with Crippen LogP contribution >= 0.6 is 11.8 Å². The molecule has 0 aliphatic carbocycles. The van der Waals surface area contributed by atoms with E-state index in [1.807, 2.05) is 43.5 Å². The molecule has 0 bridgehead atoms. The van der Waals surface area contributed by atoms with Crippen LogP contribution in [0.2, 0.25) is 0 Å². The second-order valence-electron chi connectivity index (χ2n) is 6.93. The predicted octanol–water partition coefficient (Wildman–Crippen LogP) is 3.87. The van der Waals surface area contributed by atoms with E-state index in [-0.39, 0.29) is 23.7 Å². The van der Waals surface area contributed by atoms with Crippen LogP contribution in [0.4, 0.5) is 4.79 Å². The minimum absolute atomic E-state index is 0.233. The van der Waals surface area contributed by atoms with Gasteiger partial charge < -0.3 is 14.0 Å². The Labute approximate surface area is 179 Å². The zero-order valence-corrected chi connectivity index (χ0v) is 18.5. The standard InChI is InChI=1S/C22H24N2O5S/c1-13-11-16(12-19-20(25)23(9-10-28-4)22(27)30-19)15(3)24(13)18-8-6-7-17(14(18)2)21(26)29-5/h6-8,11-12H,9-10H2,1-5H3/b19-12+. The number of methoxy groups -OCH3 is 2. The molecule has 0 atom stereocenters. The van der Waals surface area contributed by atoms with Crippen LogP contribution in [0.15, 0.2) is 29.2 Å². The lowest BCUT2D eigenvalue weighted by atomic mass is 10.1. The minimum atomic E-state index is -0.387. The Kier molecular flexibility index (Phi) is 6.48. The first-order valence-corrected chi connectivity index (χ1v) is 10.2. The fourth-order valence-corrected chi connectivity index (χ4v) is 4.37. The molecule has 0 saturated carbocycles. The summed E-state index contributed by atoms with van der Waals surface area (Å²) < 4.78 is 11.9. The third kappa shape index (κ3) is 3.93. The molecule has 1 aliphatic heterocycles. The van der Waals surface area contributed by atoms with Crippen LogP contribution in [0.3, 0.4) is 0 Å². The molecule has 1 saturated heterocycles. The molecule has 8 heteroatoms. The normalized spacial score (nSPS) is 15.4. The zero-order chi connectivity index (χ0) is 22.0. The van der Waals surface area contributed by atoms with Crippen molar-refractivity contribution in [3.8, 4) is 5.69 Å². The number of rotatable bonds is 6. The van der Waals surface area contributed by atoms with Crippen molar-refractivity contribution in [2.75, 3.05) is 27.4 Å². The molecule has 30 heavy (non-hydrogen) atoms. The van der Waals surface area contributed by atoms with Crippen molar-refractivity contribution in [3.05, 3.63) is 57.2 Å². The van der Waals surface area contributed by atoms with Crippen molar-refractivity contribution in [3.63, 3.8) is 0 Å². The molecule has 3 rings (SSSR count). The molecule has 2 aromatic rings. The Morgan fingerprint density at radius 3 is 2.57 bits per heavy atom. The molecule has 7 nitrogen and oxygen atoms in total. The second-order valence-corrected chi connectivity index (χ2v) is 7.92. The Morgan fingerprint density at radius 1 is 1.17 bits per heavy atom. The maximum absolute atomic E-state index is 12.6. The van der Waals surface area contributed by atoms with Gasteiger partial charge in [-0.3, -0.25) is 14.5 Å². The molecule has 158 valence electrons. The van der Waals surface area contributed by atoms with Crippen molar-refractivity contribution in [2.24, 2.45) is 0 Å². The van der Waals surface area contributed by atoms with Crippen LogP contribution in [-0.4, -0.2) is 54.0 Å². The first kappa shape index (κ1) is 21.9. The Balaban J connectivity index is 2.00. The summed E-state index contributed by atoms with van der Waals surface area (Å²) >= 11 is 0.932. The molecule has 1 aromatic heterocycles. The first-order chi connectivity index (χ1) is 14.3. The fourth-order valence-electron chi connectivity index (χ4n) is 3.52. The third-order valence-electron chi connectivity index (χ3n) is 5.10. The number of nitrogens with zero attached hydrogens (tertiary/aromatic N) is 2. The molecule has 0 N–H and O–H groups in total. The molecular weight excluding hydrogens is 404 g/mol. The van der Waals surface area contributed by atoms with Crippen LogP contribution in [0.25, 0.3) is 11.8 Å². The van der Waals surface area contributed by atoms with Crippen LogP contribution in [0.1, 0.15) is 32.9 Å². The lowest BCUT2D eigenvalue weighted by Gasteiger charge is -2.15. The number of esters is 1. The van der Waals surface area contributed by atoms with Gasteiger partial charge in [-0.15, -0.1) is 0 Å². The highest BCUT2D eigenvalue weighted by Crippen LogP contribution is 2.34. The van der Waals surface area contributed by atoms with Crippen molar-refractivity contribution >= 4 is 35.0 Å². The highest BCUT2D eigenvalue weighted by Gasteiger charge is 2.34. The van der Waals surface area contributed by atoms with Gasteiger partial charge in [0.15, 0.2) is 0 Å². The number of aryl methyl sites for hydroxylation is 1. The van der Waals surface area contributed by atoms with Gasteiger partial charge in [0.1, 0.15) is 0 Å². The van der Waals surface area contributed by atoms with Gasteiger partial charge in [-0.2, -0.15) is 0 Å². The van der Waals surface area contributed by atoms with Gasteiger partial charge in [0.05, 0.1) is 30.7 Å². The number of imide groups is 1. The summed E-state index contributed by atoms with van der Waals surface area (Å²) in [6, 6.07) is 7.44. The number of hydrogen-bond donors (Lipinski definition) is 0. The number of carbonyl (C=O) groups is 3. The number of amides is 2. The van der Waals surface area contributed by atoms with E-state index >= 15 is 0 Å². The van der Waals surface area contributed by atoms with E-state index in [1.165, 1.54) is 19.1 Å². The topological polar surface area (TPSA) is 77.8 Å². The van der Waals surface area contributed by atoms with E-state index in [4.69, 9.17) is 9.47 Å². The molecule has 2 amide bonds. The predicted molar refractivity (Wildman–Crippen MR) is 116 cm³/mol. The minimum Gasteiger partial charge on any atom is -0.465 e. The molecule has 2 heterocycles. The average Bonchev–Trinajstić information content (AvgIpc) is 3.15. The summed E-state index contributed by atoms with van der Waals surface area (Å²) in [7, 11) is 2.89. The largest absolute Gasteiger partial charge is 0.465 e. The van der Waals surface area contributed by atoms with Gasteiger partial charge in [-0.25, -0.2) is 4.79 Å². The monoisotopic (exact) mass is 428 g/mol. The van der Waals surface area contributed by atoms with E-state index in [9.17, 15) is 14.4 Å². The van der Waals surface area contributed by atoms with Gasteiger partial charge in [0.25, 0.3) is 11.1 Å². The second kappa shape index (κ2) is 8.89. The fraction of sp³-hybridized carbons (Fsp3) is 0.318. The van der Waals surface area contributed by atoms with Crippen LogP contribution < -0.4 is 0 Å². The first-order valence-electron chi connectivity index (χ1n) is 9.41. The lowest BCUT2D eigenvalue weighted by molar-refractivity contribution is -0.123. The van der Waals surface area contributed by atoms with E-state index < -0.39 is 0 Å². The average molecular weight is 429 g/mol. The summed E-state index contributed by atoms with van der Waals surface area (Å²) in [5.41, 5.74) is 4.86. The molecular formula is C22H24N2O5S. The van der Waals surface area contributed by atoms with Gasteiger partial charge in [-0.05, 0) is 67.9 Å². The van der Waals surface area contributed by atoms with Gasteiger partial charge >= 0.3 is 5.97 Å². The van der Waals surface area contributed by atoms with Crippen LogP contribution in [0.5, 0.6) is 0 Å². The number of hydrogen-bond acceptors (Lipinski definition) is 6. The lowest BCUT2D eigenvalue weighted by Crippen LogP contribution is -2.31. The zero-order valence-electron chi connectivity index (χ0n) is 17.6. The van der Waals surface area contributed by atoms with Crippen molar-refractivity contribution in [1.82, 2.24) is 9.47 Å². The van der Waals surface area contributed by atoms with E-state index in [0.717, 1.165) is 40.0 Å². The molecule has 0 unspecified atom stereocenters. The quantitative estimate of drug-likeness (QED) is 0.513. The Bertz CT molecular complexity index is 1050. The number of carbonyl (C=O) groups excluding carboxylic acids is 3. The summed E-state index contributed by atoms with van der Waals surface area (Å²) in [6.45, 7) is 6.31. The van der Waals surface area contributed by atoms with E-state index in [1.54, 1.807) is 12.1 Å². The number of benzene rings is 1. The molecule has 1 aromatic carbocycles. The van der Waals surface area contributed by atoms with E-state index in [2.05, 4.69) is 0 Å². The van der Waals surface area contributed by atoms with Crippen LogP contribution in [-0.2, 0) is 14.3 Å². The van der Waals surface area contributed by atoms with Gasteiger partial charge in [0.2, 0.25) is 0 Å². The molecule has 0 spiro atoms. The molecule has 1 aliphatic rings. The summed E-state index contributed by atoms with van der Waals surface area (Å²) in [5.74, 6) is -0.697. The number of thioether (sulfide) groups is 1. The summed E-state index contributed by atoms with van der Waals surface area (Å²) in [5, 5.41) is -0.293. The van der Waals surface area contributed by atoms with Crippen molar-refractivity contribution < 1.29 is 23.9 Å². The number of ether oxygens (including phenoxy) is 2. The highest BCUT2D eigenvalue weighted by atomic mass is 32.2. The maximum atomic E-state index is 12.6. The Hall–Kier alpha value is -2.84. The summed E-state index contributed by atoms with van der Waals surface area (Å²) in [4.78, 5) is 38.4. The summed E-state index contributed by atoms with van der Waals surface area (Å²) in [6.07, 6.45) is 1.75. The maximum Gasteiger partial charge on any atom is 0.338 e. The Morgan fingerprint density at radius 2 is 1.90 bits per heavy atom.